The van der Waals surface area contributed by atoms with Crippen molar-refractivity contribution in [3.8, 4) is 0 Å². The van der Waals surface area contributed by atoms with Gasteiger partial charge in [-0.2, -0.15) is 0 Å². The van der Waals surface area contributed by atoms with E-state index in [1.165, 1.54) is 0 Å². The van der Waals surface area contributed by atoms with Crippen LogP contribution in [0.25, 0.3) is 0 Å². The molecule has 1 heterocycles. The minimum absolute atomic E-state index is 0.0468. The van der Waals surface area contributed by atoms with Crippen LogP contribution >= 0.6 is 11.6 Å². The number of aromatic nitrogens is 2. The Balaban J connectivity index is 2.18. The predicted octanol–water partition coefficient (Wildman–Crippen LogP) is 4.18. The quantitative estimate of drug-likeness (QED) is 0.792. The summed E-state index contributed by atoms with van der Waals surface area (Å²) >= 11 is 5.90. The third-order valence-electron chi connectivity index (χ3n) is 3.93. The van der Waals surface area contributed by atoms with Crippen molar-refractivity contribution >= 4 is 23.3 Å². The predicted molar refractivity (Wildman–Crippen MR) is 106 cm³/mol. The number of nitrogens with zero attached hydrogens (tertiary/aromatic N) is 3. The van der Waals surface area contributed by atoms with Crippen LogP contribution in [0.1, 0.15) is 37.4 Å². The molecule has 0 saturated carbocycles. The molecule has 1 aromatic carbocycles. The van der Waals surface area contributed by atoms with Gasteiger partial charge in [-0.3, -0.25) is 4.79 Å². The number of rotatable bonds is 7. The molecule has 1 unspecified atom stereocenters. The highest BCUT2D eigenvalue weighted by Gasteiger charge is 2.24. The Labute approximate surface area is 160 Å². The van der Waals surface area contributed by atoms with Gasteiger partial charge in [-0.15, -0.1) is 0 Å². The fourth-order valence-corrected chi connectivity index (χ4v) is 2.87. The molecule has 0 bridgehead atoms. The van der Waals surface area contributed by atoms with Crippen molar-refractivity contribution in [1.82, 2.24) is 15.3 Å². The molecule has 2 rings (SSSR count). The van der Waals surface area contributed by atoms with Crippen LogP contribution in [0.4, 0.5) is 5.82 Å². The second-order valence-corrected chi connectivity index (χ2v) is 6.51. The third kappa shape index (κ3) is 5.30. The van der Waals surface area contributed by atoms with Crippen molar-refractivity contribution in [3.05, 3.63) is 64.7 Å². The first-order valence-electron chi connectivity index (χ1n) is 8.70. The highest BCUT2D eigenvalue weighted by atomic mass is 35.5. The van der Waals surface area contributed by atoms with E-state index in [-0.39, 0.29) is 11.9 Å². The lowest BCUT2D eigenvalue weighted by atomic mass is 10.1. The van der Waals surface area contributed by atoms with Crippen LogP contribution in [0.3, 0.4) is 0 Å². The van der Waals surface area contributed by atoms with Crippen molar-refractivity contribution in [1.29, 1.82) is 0 Å². The Bertz CT molecular complexity index is 754. The fraction of sp³-hybridized carbons (Fsp3) is 0.350. The highest BCUT2D eigenvalue weighted by Crippen LogP contribution is 2.19. The molecule has 2 aromatic rings. The van der Waals surface area contributed by atoms with Crippen LogP contribution < -0.4 is 10.2 Å². The number of aryl methyl sites for hydroxylation is 2. The first-order valence-corrected chi connectivity index (χ1v) is 9.08. The lowest BCUT2D eigenvalue weighted by molar-refractivity contribution is -0.122. The summed E-state index contributed by atoms with van der Waals surface area (Å²) in [6, 6.07) is 8.99. The number of carbonyl (C=O) groups is 1. The Kier molecular flexibility index (Phi) is 7.16. The fourth-order valence-electron chi connectivity index (χ4n) is 2.75. The molecule has 0 aliphatic heterocycles. The lowest BCUT2D eigenvalue weighted by Crippen LogP contribution is -2.44. The van der Waals surface area contributed by atoms with E-state index in [2.05, 4.69) is 15.3 Å². The Hall–Kier alpha value is -2.40. The molecule has 0 aliphatic rings. The van der Waals surface area contributed by atoms with Crippen LogP contribution in [0.15, 0.2) is 42.6 Å². The van der Waals surface area contributed by atoms with Gasteiger partial charge in [-0.1, -0.05) is 36.7 Å². The number of hydrogen-bond acceptors (Lipinski definition) is 4. The Morgan fingerprint density at radius 2 is 1.96 bits per heavy atom. The molecule has 0 aliphatic carbocycles. The summed E-state index contributed by atoms with van der Waals surface area (Å²) in [5.74, 6) is 1.36. The molecule has 0 spiro atoms. The van der Waals surface area contributed by atoms with Gasteiger partial charge in [-0.05, 0) is 44.9 Å². The summed E-state index contributed by atoms with van der Waals surface area (Å²) in [6.45, 7) is 8.15. The number of hydrogen-bond donors (Lipinski definition) is 1. The molecular weight excluding hydrogens is 348 g/mol. The number of anilines is 1. The topological polar surface area (TPSA) is 58.1 Å². The van der Waals surface area contributed by atoms with Gasteiger partial charge < -0.3 is 10.2 Å². The van der Waals surface area contributed by atoms with E-state index >= 15 is 0 Å². The zero-order valence-corrected chi connectivity index (χ0v) is 16.4. The van der Waals surface area contributed by atoms with E-state index in [1.54, 1.807) is 0 Å². The lowest BCUT2D eigenvalue weighted by Gasteiger charge is -2.28. The molecule has 26 heavy (non-hydrogen) atoms. The number of nitrogens with one attached hydrogen (secondary N) is 1. The summed E-state index contributed by atoms with van der Waals surface area (Å²) in [4.78, 5) is 23.5. The van der Waals surface area contributed by atoms with E-state index in [0.29, 0.717) is 23.8 Å². The SMILES string of the molecule is C/C=C/N(c1cc(C)nc(C)n1)C(CC)C(=O)NCc1ccc(Cl)cc1. The van der Waals surface area contributed by atoms with Crippen molar-refractivity contribution in [3.63, 3.8) is 0 Å². The molecule has 0 radical (unpaired) electrons. The average molecular weight is 373 g/mol. The van der Waals surface area contributed by atoms with Crippen LogP contribution in [-0.2, 0) is 11.3 Å². The summed E-state index contributed by atoms with van der Waals surface area (Å²) in [7, 11) is 0. The minimum Gasteiger partial charge on any atom is -0.350 e. The molecule has 1 amide bonds. The normalized spacial score (nSPS) is 12.2. The van der Waals surface area contributed by atoms with Crippen LogP contribution in [0.5, 0.6) is 0 Å². The molecule has 1 atom stereocenters. The zero-order valence-electron chi connectivity index (χ0n) is 15.7. The number of halogens is 1. The molecule has 138 valence electrons. The van der Waals surface area contributed by atoms with Gasteiger partial charge in [0.25, 0.3) is 0 Å². The van der Waals surface area contributed by atoms with E-state index in [1.807, 2.05) is 75.2 Å². The standard InChI is InChI=1S/C20H25ClN4O/c1-5-11-25(19-12-14(3)23-15(4)24-19)18(6-2)20(26)22-13-16-7-9-17(21)10-8-16/h5,7-12,18H,6,13H2,1-4H3,(H,22,26)/b11-5+. The van der Waals surface area contributed by atoms with Gasteiger partial charge in [0.05, 0.1) is 0 Å². The number of amides is 1. The largest absolute Gasteiger partial charge is 0.350 e. The van der Waals surface area contributed by atoms with Crippen molar-refractivity contribution in [2.24, 2.45) is 0 Å². The van der Waals surface area contributed by atoms with Gasteiger partial charge in [0.15, 0.2) is 0 Å². The van der Waals surface area contributed by atoms with Gasteiger partial charge in [0.2, 0.25) is 5.91 Å². The van der Waals surface area contributed by atoms with Gasteiger partial charge in [-0.25, -0.2) is 9.97 Å². The molecule has 1 aromatic heterocycles. The van der Waals surface area contributed by atoms with E-state index in [9.17, 15) is 4.79 Å². The Morgan fingerprint density at radius 3 is 2.54 bits per heavy atom. The van der Waals surface area contributed by atoms with Crippen LogP contribution in [0.2, 0.25) is 5.02 Å². The van der Waals surface area contributed by atoms with Crippen molar-refractivity contribution in [2.75, 3.05) is 4.90 Å². The maximum absolute atomic E-state index is 12.8. The van der Waals surface area contributed by atoms with Crippen LogP contribution in [0, 0.1) is 13.8 Å². The van der Waals surface area contributed by atoms with Crippen molar-refractivity contribution in [2.45, 2.75) is 46.7 Å². The smallest absolute Gasteiger partial charge is 0.243 e. The molecule has 5 nitrogen and oxygen atoms in total. The number of carbonyl (C=O) groups excluding carboxylic acids is 1. The number of benzene rings is 1. The van der Waals surface area contributed by atoms with E-state index in [0.717, 1.165) is 17.1 Å². The minimum atomic E-state index is -0.354. The zero-order chi connectivity index (χ0) is 19.1. The molecule has 6 heteroatoms. The first-order chi connectivity index (χ1) is 12.4. The third-order valence-corrected chi connectivity index (χ3v) is 4.18. The first kappa shape index (κ1) is 19.9. The molecule has 1 N–H and O–H groups in total. The van der Waals surface area contributed by atoms with E-state index in [4.69, 9.17) is 11.6 Å². The molecular formula is C20H25ClN4O. The summed E-state index contributed by atoms with van der Waals surface area (Å²) in [5.41, 5.74) is 1.88. The van der Waals surface area contributed by atoms with Gasteiger partial charge in [0.1, 0.15) is 17.7 Å². The van der Waals surface area contributed by atoms with Crippen molar-refractivity contribution < 1.29 is 4.79 Å². The molecule has 0 fully saturated rings. The van der Waals surface area contributed by atoms with Gasteiger partial charge >= 0.3 is 0 Å². The summed E-state index contributed by atoms with van der Waals surface area (Å²) in [6.07, 6.45) is 4.44. The summed E-state index contributed by atoms with van der Waals surface area (Å²) in [5, 5.41) is 3.69. The maximum Gasteiger partial charge on any atom is 0.243 e. The summed E-state index contributed by atoms with van der Waals surface area (Å²) < 4.78 is 0. The van der Waals surface area contributed by atoms with Gasteiger partial charge in [0, 0.05) is 29.5 Å². The average Bonchev–Trinajstić information content (AvgIpc) is 2.60. The Morgan fingerprint density at radius 1 is 1.27 bits per heavy atom. The van der Waals surface area contributed by atoms with E-state index < -0.39 is 0 Å². The van der Waals surface area contributed by atoms with Crippen LogP contribution in [-0.4, -0.2) is 21.9 Å². The second-order valence-electron chi connectivity index (χ2n) is 6.07. The number of allylic oxidation sites excluding steroid dienone is 1. The second kappa shape index (κ2) is 9.34. The highest BCUT2D eigenvalue weighted by molar-refractivity contribution is 6.30. The molecule has 0 saturated heterocycles. The maximum atomic E-state index is 12.8. The monoisotopic (exact) mass is 372 g/mol.